The number of hydrogen-bond acceptors (Lipinski definition) is 4. The Balaban J connectivity index is 1.01. The number of nitriles is 1. The fourth-order valence-corrected chi connectivity index (χ4v) is 9.64. The van der Waals surface area contributed by atoms with E-state index in [9.17, 15) is 5.26 Å². The average Bonchev–Trinajstić information content (AvgIpc) is 3.39. The van der Waals surface area contributed by atoms with E-state index in [1.165, 1.54) is 59.8 Å². The minimum atomic E-state index is -0.530. The highest BCUT2D eigenvalue weighted by atomic mass is 15.1. The number of fused-ring (bicyclic) bond motifs is 5. The number of rotatable bonds is 10. The molecule has 11 aromatic carbocycles. The van der Waals surface area contributed by atoms with Crippen LogP contribution in [0.15, 0.2) is 236 Å². The van der Waals surface area contributed by atoms with Crippen molar-refractivity contribution in [2.24, 2.45) is 10.7 Å². The van der Waals surface area contributed by atoms with E-state index < -0.39 is 12.3 Å². The summed E-state index contributed by atoms with van der Waals surface area (Å²) in [5.41, 5.74) is 19.7. The molecule has 0 aliphatic carbocycles. The maximum atomic E-state index is 9.43. The van der Waals surface area contributed by atoms with Crippen LogP contribution in [0.25, 0.3) is 87.6 Å². The first kappa shape index (κ1) is 40.3. The zero-order valence-electron chi connectivity index (χ0n) is 36.1. The number of nitrogens with one attached hydrogen (secondary N) is 1. The molecule has 0 fully saturated rings. The van der Waals surface area contributed by atoms with Gasteiger partial charge in [0, 0.05) is 6.21 Å². The van der Waals surface area contributed by atoms with Gasteiger partial charge in [-0.25, -0.2) is 0 Å². The molecule has 0 heterocycles. The third-order valence-electron chi connectivity index (χ3n) is 12.8. The molecule has 0 bridgehead atoms. The van der Waals surface area contributed by atoms with E-state index in [-0.39, 0.29) is 0 Å². The van der Waals surface area contributed by atoms with E-state index in [1.54, 1.807) is 0 Å². The molecule has 4 nitrogen and oxygen atoms in total. The van der Waals surface area contributed by atoms with Crippen LogP contribution >= 0.6 is 0 Å². The van der Waals surface area contributed by atoms with Crippen LogP contribution in [0.3, 0.4) is 0 Å². The van der Waals surface area contributed by atoms with Gasteiger partial charge in [0.25, 0.3) is 0 Å². The molecule has 0 saturated carbocycles. The van der Waals surface area contributed by atoms with Gasteiger partial charge in [-0.1, -0.05) is 212 Å². The average molecular weight is 845 g/mol. The standard InChI is InChI=1S/C62H44N4/c63-39-41-28-32-43(33-29-41)48-19-12-20-49(38-48)62(66-61(64)56-26-11-8-22-51(56)44-14-2-1-3-15-44)65-40-42-30-34-47(35-31-42)58-54-24-9-10-25-55(54)59(53-27-13-18-45-16-4-6-21-50(45)53)57-37-36-46-17-5-7-23-52(46)60(57)58/h1-38,40,61-62,66H,64H2. The van der Waals surface area contributed by atoms with Crippen molar-refractivity contribution in [3.8, 4) is 50.6 Å². The molecular weight excluding hydrogens is 801 g/mol. The van der Waals surface area contributed by atoms with Crippen LogP contribution in [0.2, 0.25) is 0 Å². The molecule has 3 N–H and O–H groups in total. The molecule has 312 valence electrons. The summed E-state index contributed by atoms with van der Waals surface area (Å²) in [5, 5.41) is 22.9. The van der Waals surface area contributed by atoms with E-state index >= 15 is 0 Å². The Morgan fingerprint density at radius 2 is 1.05 bits per heavy atom. The molecule has 2 atom stereocenters. The van der Waals surface area contributed by atoms with Crippen LogP contribution in [-0.2, 0) is 0 Å². The summed E-state index contributed by atoms with van der Waals surface area (Å²) in [6.07, 6.45) is 0.932. The van der Waals surface area contributed by atoms with Gasteiger partial charge >= 0.3 is 0 Å². The van der Waals surface area contributed by atoms with Gasteiger partial charge in [0.2, 0.25) is 0 Å². The SMILES string of the molecule is N#Cc1ccc(-c2cccc(C(N=Cc3ccc(-c4c5ccccc5c(-c5cccc6ccccc56)c5ccc6ccccc6c45)cc3)NC(N)c3ccccc3-c3ccccc3)c2)cc1. The topological polar surface area (TPSA) is 74.2 Å². The number of nitrogens with zero attached hydrogens (tertiary/aromatic N) is 2. The molecule has 0 saturated heterocycles. The van der Waals surface area contributed by atoms with Crippen molar-refractivity contribution in [2.45, 2.75) is 12.3 Å². The van der Waals surface area contributed by atoms with Gasteiger partial charge in [-0.2, -0.15) is 5.26 Å². The summed E-state index contributed by atoms with van der Waals surface area (Å²) in [6, 6.07) is 83.2. The molecule has 0 aliphatic heterocycles. The molecule has 66 heavy (non-hydrogen) atoms. The van der Waals surface area contributed by atoms with Crippen LogP contribution in [0.4, 0.5) is 0 Å². The quantitative estimate of drug-likeness (QED) is 0.0623. The van der Waals surface area contributed by atoms with Crippen LogP contribution in [0, 0.1) is 11.3 Å². The van der Waals surface area contributed by atoms with Crippen molar-refractivity contribution in [1.82, 2.24) is 5.32 Å². The number of nitrogens with two attached hydrogens (primary N) is 1. The van der Waals surface area contributed by atoms with Gasteiger partial charge in [0.1, 0.15) is 6.17 Å². The normalized spacial score (nSPS) is 12.5. The second kappa shape index (κ2) is 17.6. The van der Waals surface area contributed by atoms with Crippen LogP contribution in [-0.4, -0.2) is 6.21 Å². The first-order valence-electron chi connectivity index (χ1n) is 22.4. The molecule has 0 aromatic heterocycles. The van der Waals surface area contributed by atoms with Crippen LogP contribution < -0.4 is 11.1 Å². The zero-order chi connectivity index (χ0) is 44.4. The second-order valence-electron chi connectivity index (χ2n) is 16.7. The van der Waals surface area contributed by atoms with E-state index in [0.717, 1.165) is 44.5 Å². The fraction of sp³-hybridized carbons (Fsp3) is 0.0323. The molecule has 4 heteroatoms. The predicted molar refractivity (Wildman–Crippen MR) is 276 cm³/mol. The Kier molecular flexibility index (Phi) is 10.8. The third kappa shape index (κ3) is 7.59. The summed E-state index contributed by atoms with van der Waals surface area (Å²) in [4.78, 5) is 5.25. The molecule has 11 rings (SSSR count). The lowest BCUT2D eigenvalue weighted by Crippen LogP contribution is -2.32. The van der Waals surface area contributed by atoms with Gasteiger partial charge in [-0.15, -0.1) is 0 Å². The first-order valence-corrected chi connectivity index (χ1v) is 22.4. The van der Waals surface area contributed by atoms with Crippen LogP contribution in [0.1, 0.15) is 34.6 Å². The van der Waals surface area contributed by atoms with Crippen molar-refractivity contribution < 1.29 is 0 Å². The smallest absolute Gasteiger partial charge is 0.127 e. The van der Waals surface area contributed by atoms with E-state index in [4.69, 9.17) is 10.7 Å². The van der Waals surface area contributed by atoms with Crippen LogP contribution in [0.5, 0.6) is 0 Å². The van der Waals surface area contributed by atoms with Crippen molar-refractivity contribution in [3.05, 3.63) is 253 Å². The monoisotopic (exact) mass is 844 g/mol. The highest BCUT2D eigenvalue weighted by molar-refractivity contribution is 6.29. The summed E-state index contributed by atoms with van der Waals surface area (Å²) < 4.78 is 0. The molecule has 2 unspecified atom stereocenters. The highest BCUT2D eigenvalue weighted by Crippen LogP contribution is 2.47. The summed E-state index contributed by atoms with van der Waals surface area (Å²) in [7, 11) is 0. The van der Waals surface area contributed by atoms with Gasteiger partial charge in [-0.05, 0) is 122 Å². The summed E-state index contributed by atoms with van der Waals surface area (Å²) >= 11 is 0. The van der Waals surface area contributed by atoms with Crippen molar-refractivity contribution >= 4 is 49.3 Å². The van der Waals surface area contributed by atoms with Gasteiger partial charge in [-0.3, -0.25) is 10.3 Å². The lowest BCUT2D eigenvalue weighted by Gasteiger charge is -2.23. The van der Waals surface area contributed by atoms with E-state index in [1.807, 2.05) is 60.8 Å². The molecule has 0 radical (unpaired) electrons. The maximum Gasteiger partial charge on any atom is 0.127 e. The maximum absolute atomic E-state index is 9.43. The molecule has 0 spiro atoms. The van der Waals surface area contributed by atoms with Gasteiger partial charge in [0.15, 0.2) is 0 Å². The predicted octanol–water partition coefficient (Wildman–Crippen LogP) is 15.2. The summed E-state index contributed by atoms with van der Waals surface area (Å²) in [6.45, 7) is 0. The largest absolute Gasteiger partial charge is 0.312 e. The molecule has 0 aliphatic rings. The van der Waals surface area contributed by atoms with Crippen molar-refractivity contribution in [1.29, 1.82) is 5.26 Å². The third-order valence-corrected chi connectivity index (χ3v) is 12.8. The first-order chi connectivity index (χ1) is 32.6. The fourth-order valence-electron chi connectivity index (χ4n) is 9.64. The Hall–Kier alpha value is -8.46. The summed E-state index contributed by atoms with van der Waals surface area (Å²) in [5.74, 6) is 0. The lowest BCUT2D eigenvalue weighted by molar-refractivity contribution is 0.468. The lowest BCUT2D eigenvalue weighted by atomic mass is 9.83. The van der Waals surface area contributed by atoms with E-state index in [2.05, 4.69) is 187 Å². The number of hydrogen-bond donors (Lipinski definition) is 2. The van der Waals surface area contributed by atoms with Crippen molar-refractivity contribution in [3.63, 3.8) is 0 Å². The van der Waals surface area contributed by atoms with E-state index in [0.29, 0.717) is 5.56 Å². The molecule has 0 amide bonds. The van der Waals surface area contributed by atoms with Gasteiger partial charge < -0.3 is 5.73 Å². The molecular formula is C62H44N4. The Labute approximate surface area is 384 Å². The second-order valence-corrected chi connectivity index (χ2v) is 16.7. The number of benzene rings is 11. The number of aliphatic imine (C=N–C) groups is 1. The minimum Gasteiger partial charge on any atom is -0.312 e. The van der Waals surface area contributed by atoms with Crippen molar-refractivity contribution in [2.75, 3.05) is 0 Å². The Morgan fingerprint density at radius 1 is 0.455 bits per heavy atom. The molecule has 11 aromatic rings. The Morgan fingerprint density at radius 3 is 1.82 bits per heavy atom. The minimum absolute atomic E-state index is 0.484. The highest BCUT2D eigenvalue weighted by Gasteiger charge is 2.21. The zero-order valence-corrected chi connectivity index (χ0v) is 36.1. The van der Waals surface area contributed by atoms with Gasteiger partial charge in [0.05, 0.1) is 17.8 Å². The Bertz CT molecular complexity index is 3640.